The lowest BCUT2D eigenvalue weighted by Gasteiger charge is -1.96. The summed E-state index contributed by atoms with van der Waals surface area (Å²) in [5, 5.41) is 4.50. The Balaban J connectivity index is 2.04. The highest BCUT2D eigenvalue weighted by atomic mass is 15.0. The van der Waals surface area contributed by atoms with Gasteiger partial charge in [0, 0.05) is 28.4 Å². The number of hydrogen-bond donors (Lipinski definition) is 3. The van der Waals surface area contributed by atoms with Crippen molar-refractivity contribution in [2.45, 2.75) is 20.4 Å². The fraction of sp³-hybridized carbons (Fsp3) is 0.267. The van der Waals surface area contributed by atoms with Crippen molar-refractivity contribution in [2.24, 2.45) is 0 Å². The van der Waals surface area contributed by atoms with Crippen molar-refractivity contribution in [3.05, 3.63) is 42.0 Å². The summed E-state index contributed by atoms with van der Waals surface area (Å²) in [5.41, 5.74) is 4.45. The van der Waals surface area contributed by atoms with E-state index >= 15 is 0 Å². The van der Waals surface area contributed by atoms with E-state index in [1.807, 2.05) is 12.3 Å². The van der Waals surface area contributed by atoms with E-state index < -0.39 is 0 Å². The second-order valence-corrected chi connectivity index (χ2v) is 4.69. The van der Waals surface area contributed by atoms with Gasteiger partial charge in [-0.25, -0.2) is 4.98 Å². The van der Waals surface area contributed by atoms with Crippen LogP contribution in [0.1, 0.15) is 18.4 Å². The molecule has 0 unspecified atom stereocenters. The van der Waals surface area contributed by atoms with Crippen LogP contribution < -0.4 is 5.32 Å². The Morgan fingerprint density at radius 3 is 2.95 bits per heavy atom. The van der Waals surface area contributed by atoms with Gasteiger partial charge in [0.15, 0.2) is 0 Å². The molecule has 3 rings (SSSR count). The maximum absolute atomic E-state index is 4.70. The Bertz CT molecular complexity index is 693. The lowest BCUT2D eigenvalue weighted by atomic mass is 10.1. The summed E-state index contributed by atoms with van der Waals surface area (Å²) in [7, 11) is 0. The lowest BCUT2D eigenvalue weighted by molar-refractivity contribution is 0.697. The molecule has 0 aliphatic heterocycles. The van der Waals surface area contributed by atoms with Crippen LogP contribution in [0.5, 0.6) is 0 Å². The number of hydrogen-bond acceptors (Lipinski definition) is 2. The molecular weight excluding hydrogens is 236 g/mol. The normalized spacial score (nSPS) is 11.3. The average molecular weight is 254 g/mol. The second kappa shape index (κ2) is 4.90. The molecule has 0 aliphatic rings. The van der Waals surface area contributed by atoms with Gasteiger partial charge in [-0.2, -0.15) is 0 Å². The third-order valence-corrected chi connectivity index (χ3v) is 3.32. The van der Waals surface area contributed by atoms with Crippen molar-refractivity contribution in [1.82, 2.24) is 20.3 Å². The second-order valence-electron chi connectivity index (χ2n) is 4.69. The van der Waals surface area contributed by atoms with Crippen molar-refractivity contribution in [2.75, 3.05) is 6.54 Å². The van der Waals surface area contributed by atoms with Crippen LogP contribution >= 0.6 is 0 Å². The summed E-state index contributed by atoms with van der Waals surface area (Å²) in [6.45, 7) is 5.89. The van der Waals surface area contributed by atoms with E-state index in [-0.39, 0.29) is 0 Å². The molecule has 0 spiro atoms. The Labute approximate surface area is 112 Å². The molecule has 0 aliphatic carbocycles. The van der Waals surface area contributed by atoms with E-state index in [0.29, 0.717) is 0 Å². The third kappa shape index (κ3) is 2.15. The molecule has 0 radical (unpaired) electrons. The fourth-order valence-corrected chi connectivity index (χ4v) is 2.38. The SMILES string of the molecule is CCNCc1nc(-c2c[nH]c3ccccc23)c(C)[nH]1. The van der Waals surface area contributed by atoms with Crippen LogP contribution in [0.15, 0.2) is 30.5 Å². The van der Waals surface area contributed by atoms with Crippen LogP contribution in [0.3, 0.4) is 0 Å². The van der Waals surface area contributed by atoms with Crippen LogP contribution in [0, 0.1) is 6.92 Å². The standard InChI is InChI=1S/C15H18N4/c1-3-16-9-14-18-10(2)15(19-14)12-8-17-13-7-5-4-6-11(12)13/h4-8,16-17H,3,9H2,1-2H3,(H,18,19). The van der Waals surface area contributed by atoms with Gasteiger partial charge in [0.2, 0.25) is 0 Å². The molecule has 19 heavy (non-hydrogen) atoms. The van der Waals surface area contributed by atoms with E-state index in [1.165, 1.54) is 5.39 Å². The molecule has 3 N–H and O–H groups in total. The number of aromatic amines is 2. The highest BCUT2D eigenvalue weighted by molar-refractivity contribution is 5.95. The van der Waals surface area contributed by atoms with Gasteiger partial charge >= 0.3 is 0 Å². The Kier molecular flexibility index (Phi) is 3.09. The number of rotatable bonds is 4. The van der Waals surface area contributed by atoms with Gasteiger partial charge in [-0.05, 0) is 19.5 Å². The van der Waals surface area contributed by atoms with Crippen molar-refractivity contribution < 1.29 is 0 Å². The van der Waals surface area contributed by atoms with Crippen molar-refractivity contribution in [3.63, 3.8) is 0 Å². The van der Waals surface area contributed by atoms with Crippen LogP contribution in [0.2, 0.25) is 0 Å². The van der Waals surface area contributed by atoms with Gasteiger partial charge in [0.05, 0.1) is 12.2 Å². The molecule has 0 saturated heterocycles. The first-order chi connectivity index (χ1) is 9.29. The molecule has 1 aromatic carbocycles. The van der Waals surface area contributed by atoms with Gasteiger partial charge in [0.1, 0.15) is 5.82 Å². The predicted molar refractivity (Wildman–Crippen MR) is 78.0 cm³/mol. The van der Waals surface area contributed by atoms with Crippen molar-refractivity contribution >= 4 is 10.9 Å². The Morgan fingerprint density at radius 1 is 1.26 bits per heavy atom. The minimum atomic E-state index is 0.777. The van der Waals surface area contributed by atoms with E-state index in [0.717, 1.165) is 41.4 Å². The maximum atomic E-state index is 4.70. The molecule has 0 fully saturated rings. The fourth-order valence-electron chi connectivity index (χ4n) is 2.38. The largest absolute Gasteiger partial charge is 0.360 e. The van der Waals surface area contributed by atoms with Gasteiger partial charge in [-0.1, -0.05) is 25.1 Å². The molecular formula is C15H18N4. The number of benzene rings is 1. The predicted octanol–water partition coefficient (Wildman–Crippen LogP) is 2.98. The molecule has 4 nitrogen and oxygen atoms in total. The molecule has 98 valence electrons. The molecule has 2 heterocycles. The first-order valence-electron chi connectivity index (χ1n) is 6.62. The number of nitrogens with one attached hydrogen (secondary N) is 3. The summed E-state index contributed by atoms with van der Waals surface area (Å²) in [6, 6.07) is 8.30. The zero-order valence-electron chi connectivity index (χ0n) is 11.2. The monoisotopic (exact) mass is 254 g/mol. The van der Waals surface area contributed by atoms with E-state index in [1.54, 1.807) is 0 Å². The smallest absolute Gasteiger partial charge is 0.121 e. The summed E-state index contributed by atoms with van der Waals surface area (Å²) in [4.78, 5) is 11.3. The number of aryl methyl sites for hydroxylation is 1. The zero-order valence-corrected chi connectivity index (χ0v) is 11.2. The van der Waals surface area contributed by atoms with Crippen molar-refractivity contribution in [1.29, 1.82) is 0 Å². The van der Waals surface area contributed by atoms with Crippen LogP contribution in [-0.2, 0) is 6.54 Å². The first kappa shape index (κ1) is 12.0. The number of para-hydroxylation sites is 1. The summed E-state index contributed by atoms with van der Waals surface area (Å²) >= 11 is 0. The number of fused-ring (bicyclic) bond motifs is 1. The summed E-state index contributed by atoms with van der Waals surface area (Å²) in [5.74, 6) is 0.986. The molecule has 2 aromatic heterocycles. The first-order valence-corrected chi connectivity index (χ1v) is 6.62. The maximum Gasteiger partial charge on any atom is 0.121 e. The van der Waals surface area contributed by atoms with Gasteiger partial charge < -0.3 is 15.3 Å². The van der Waals surface area contributed by atoms with Crippen LogP contribution in [0.4, 0.5) is 0 Å². The number of H-pyrrole nitrogens is 2. The third-order valence-electron chi connectivity index (χ3n) is 3.32. The zero-order chi connectivity index (χ0) is 13.2. The van der Waals surface area contributed by atoms with Gasteiger partial charge in [0.25, 0.3) is 0 Å². The Morgan fingerprint density at radius 2 is 2.11 bits per heavy atom. The molecule has 0 bridgehead atoms. The lowest BCUT2D eigenvalue weighted by Crippen LogP contribution is -2.12. The topological polar surface area (TPSA) is 56.5 Å². The quantitative estimate of drug-likeness (QED) is 0.670. The Hall–Kier alpha value is -2.07. The number of nitrogens with zero attached hydrogens (tertiary/aromatic N) is 1. The average Bonchev–Trinajstić information content (AvgIpc) is 2.99. The summed E-state index contributed by atoms with van der Waals surface area (Å²) < 4.78 is 0. The highest BCUT2D eigenvalue weighted by Crippen LogP contribution is 2.29. The van der Waals surface area contributed by atoms with E-state index in [4.69, 9.17) is 4.98 Å². The number of imidazole rings is 1. The molecule has 3 aromatic rings. The number of aromatic nitrogens is 3. The molecule has 4 heteroatoms. The minimum absolute atomic E-state index is 0.777. The summed E-state index contributed by atoms with van der Waals surface area (Å²) in [6.07, 6.45) is 2.03. The molecule has 0 atom stereocenters. The molecule has 0 saturated carbocycles. The van der Waals surface area contributed by atoms with Gasteiger partial charge in [-0.15, -0.1) is 0 Å². The van der Waals surface area contributed by atoms with Crippen molar-refractivity contribution in [3.8, 4) is 11.3 Å². The van der Waals surface area contributed by atoms with Crippen LogP contribution in [-0.4, -0.2) is 21.5 Å². The highest BCUT2D eigenvalue weighted by Gasteiger charge is 2.12. The molecule has 0 amide bonds. The minimum Gasteiger partial charge on any atom is -0.360 e. The van der Waals surface area contributed by atoms with E-state index in [9.17, 15) is 0 Å². The van der Waals surface area contributed by atoms with E-state index in [2.05, 4.69) is 47.3 Å². The van der Waals surface area contributed by atoms with Crippen LogP contribution in [0.25, 0.3) is 22.2 Å². The van der Waals surface area contributed by atoms with Gasteiger partial charge in [-0.3, -0.25) is 0 Å².